The molecule has 8 nitrogen and oxygen atoms in total. The van der Waals surface area contributed by atoms with Crippen LogP contribution in [-0.2, 0) is 6.42 Å². The number of amides is 1. The minimum Gasteiger partial charge on any atom is -0.440 e. The molecule has 0 saturated carbocycles. The molecule has 1 aliphatic rings. The smallest absolute Gasteiger partial charge is 0.293 e. The molecule has 1 aliphatic heterocycles. The number of anilines is 2. The first-order valence-electron chi connectivity index (χ1n) is 12.2. The SMILES string of the molecule is CC(C)c1ccc2oc(Cc3ccc(NC(=O)c4ccc(N5CCCC5)c([N+](=O)[O-])c4)cc3)nc2c1. The van der Waals surface area contributed by atoms with Gasteiger partial charge in [-0.15, -0.1) is 0 Å². The van der Waals surface area contributed by atoms with Crippen LogP contribution in [0.25, 0.3) is 11.1 Å². The summed E-state index contributed by atoms with van der Waals surface area (Å²) in [6.07, 6.45) is 2.56. The molecule has 36 heavy (non-hydrogen) atoms. The highest BCUT2D eigenvalue weighted by Gasteiger charge is 2.24. The minimum atomic E-state index is -0.422. The van der Waals surface area contributed by atoms with Crippen molar-refractivity contribution in [2.75, 3.05) is 23.3 Å². The van der Waals surface area contributed by atoms with Crippen LogP contribution in [0.3, 0.4) is 0 Å². The van der Waals surface area contributed by atoms with E-state index >= 15 is 0 Å². The molecule has 4 aromatic rings. The normalized spacial score (nSPS) is 13.5. The summed E-state index contributed by atoms with van der Waals surface area (Å²) in [4.78, 5) is 30.6. The van der Waals surface area contributed by atoms with Gasteiger partial charge in [0, 0.05) is 36.8 Å². The number of nitro groups is 1. The van der Waals surface area contributed by atoms with Crippen LogP contribution in [0.4, 0.5) is 17.1 Å². The van der Waals surface area contributed by atoms with Crippen LogP contribution in [0.5, 0.6) is 0 Å². The third kappa shape index (κ3) is 4.93. The van der Waals surface area contributed by atoms with E-state index in [1.165, 1.54) is 11.6 Å². The number of benzene rings is 3. The second kappa shape index (κ2) is 9.81. The zero-order valence-corrected chi connectivity index (χ0v) is 20.4. The number of nitrogens with one attached hydrogen (secondary N) is 1. The van der Waals surface area contributed by atoms with Crippen LogP contribution in [0, 0.1) is 10.1 Å². The number of nitrogens with zero attached hydrogens (tertiary/aromatic N) is 3. The number of hydrogen-bond donors (Lipinski definition) is 1. The number of nitro benzene ring substituents is 1. The van der Waals surface area contributed by atoms with Crippen molar-refractivity contribution in [2.24, 2.45) is 0 Å². The summed E-state index contributed by atoms with van der Waals surface area (Å²) in [6, 6.07) is 18.2. The van der Waals surface area contributed by atoms with Crippen molar-refractivity contribution < 1.29 is 14.1 Å². The van der Waals surface area contributed by atoms with Gasteiger partial charge in [-0.05, 0) is 66.3 Å². The summed E-state index contributed by atoms with van der Waals surface area (Å²) < 4.78 is 5.90. The monoisotopic (exact) mass is 484 g/mol. The summed E-state index contributed by atoms with van der Waals surface area (Å²) in [7, 11) is 0. The summed E-state index contributed by atoms with van der Waals surface area (Å²) in [5.74, 6) is 0.665. The second-order valence-corrected chi connectivity index (χ2v) is 9.47. The molecule has 1 amide bonds. The van der Waals surface area contributed by atoms with E-state index in [9.17, 15) is 14.9 Å². The van der Waals surface area contributed by atoms with Crippen LogP contribution in [-0.4, -0.2) is 28.9 Å². The largest absolute Gasteiger partial charge is 0.440 e. The lowest BCUT2D eigenvalue weighted by Crippen LogP contribution is -2.19. The molecule has 1 N–H and O–H groups in total. The summed E-state index contributed by atoms with van der Waals surface area (Å²) in [6.45, 7) is 5.88. The van der Waals surface area contributed by atoms with Crippen molar-refractivity contribution in [3.8, 4) is 0 Å². The molecule has 0 unspecified atom stereocenters. The first kappa shape index (κ1) is 23.5. The van der Waals surface area contributed by atoms with Gasteiger partial charge in [0.15, 0.2) is 11.5 Å². The number of hydrogen-bond acceptors (Lipinski definition) is 6. The van der Waals surface area contributed by atoms with Gasteiger partial charge in [-0.25, -0.2) is 4.98 Å². The van der Waals surface area contributed by atoms with Gasteiger partial charge in [-0.3, -0.25) is 14.9 Å². The molecule has 0 radical (unpaired) electrons. The molecule has 3 aromatic carbocycles. The van der Waals surface area contributed by atoms with Gasteiger partial charge in [-0.1, -0.05) is 32.0 Å². The number of rotatable bonds is 7. The summed E-state index contributed by atoms with van der Waals surface area (Å²) in [5, 5.41) is 14.5. The van der Waals surface area contributed by atoms with Crippen LogP contribution in [0.2, 0.25) is 0 Å². The molecule has 1 fully saturated rings. The van der Waals surface area contributed by atoms with Gasteiger partial charge >= 0.3 is 0 Å². The zero-order chi connectivity index (χ0) is 25.2. The molecule has 0 bridgehead atoms. The fraction of sp³-hybridized carbons (Fsp3) is 0.286. The Bertz CT molecular complexity index is 1420. The molecule has 1 saturated heterocycles. The lowest BCUT2D eigenvalue weighted by atomic mass is 10.0. The zero-order valence-electron chi connectivity index (χ0n) is 20.4. The van der Waals surface area contributed by atoms with Gasteiger partial charge in [0.1, 0.15) is 11.2 Å². The molecule has 0 aliphatic carbocycles. The van der Waals surface area contributed by atoms with Crippen molar-refractivity contribution in [2.45, 2.75) is 39.0 Å². The molecule has 5 rings (SSSR count). The maximum atomic E-state index is 12.8. The van der Waals surface area contributed by atoms with Gasteiger partial charge in [0.2, 0.25) is 0 Å². The lowest BCUT2D eigenvalue weighted by molar-refractivity contribution is -0.384. The maximum absolute atomic E-state index is 12.8. The van der Waals surface area contributed by atoms with Crippen molar-refractivity contribution in [1.82, 2.24) is 4.98 Å². The van der Waals surface area contributed by atoms with E-state index < -0.39 is 10.8 Å². The van der Waals surface area contributed by atoms with E-state index in [-0.39, 0.29) is 11.3 Å². The fourth-order valence-electron chi connectivity index (χ4n) is 4.55. The number of aromatic nitrogens is 1. The fourth-order valence-corrected chi connectivity index (χ4v) is 4.55. The lowest BCUT2D eigenvalue weighted by Gasteiger charge is -2.17. The number of carbonyl (C=O) groups excluding carboxylic acids is 1. The Hall–Kier alpha value is -4.20. The third-order valence-corrected chi connectivity index (χ3v) is 6.57. The standard InChI is InChI=1S/C28H28N4O4/c1-18(2)20-8-12-26-23(16-20)30-27(36-26)15-19-5-9-22(10-6-19)29-28(33)21-7-11-24(25(17-21)32(34)35)31-13-3-4-14-31/h5-12,16-18H,3-4,13-15H2,1-2H3,(H,29,33). The van der Waals surface area contributed by atoms with Gasteiger partial charge in [-0.2, -0.15) is 0 Å². The number of carbonyl (C=O) groups is 1. The Kier molecular flexibility index (Phi) is 6.41. The quantitative estimate of drug-likeness (QED) is 0.244. The van der Waals surface area contributed by atoms with E-state index in [4.69, 9.17) is 4.42 Å². The third-order valence-electron chi connectivity index (χ3n) is 6.57. The number of fused-ring (bicyclic) bond motifs is 1. The molecule has 184 valence electrons. The van der Waals surface area contributed by atoms with E-state index in [1.807, 2.05) is 23.1 Å². The first-order chi connectivity index (χ1) is 17.4. The highest BCUT2D eigenvalue weighted by molar-refractivity contribution is 6.05. The highest BCUT2D eigenvalue weighted by Crippen LogP contribution is 2.32. The van der Waals surface area contributed by atoms with Crippen molar-refractivity contribution in [1.29, 1.82) is 0 Å². The molecule has 1 aromatic heterocycles. The predicted molar refractivity (Wildman–Crippen MR) is 140 cm³/mol. The molecular formula is C28H28N4O4. The molecule has 0 atom stereocenters. The summed E-state index contributed by atoms with van der Waals surface area (Å²) in [5.41, 5.74) is 5.22. The van der Waals surface area contributed by atoms with Gasteiger partial charge in [0.05, 0.1) is 4.92 Å². The van der Waals surface area contributed by atoms with Crippen LogP contribution < -0.4 is 10.2 Å². The molecule has 2 heterocycles. The minimum absolute atomic E-state index is 0.0428. The Morgan fingerprint density at radius 1 is 1.08 bits per heavy atom. The average molecular weight is 485 g/mol. The van der Waals surface area contributed by atoms with Crippen LogP contribution in [0.15, 0.2) is 65.1 Å². The van der Waals surface area contributed by atoms with Crippen LogP contribution in [0.1, 0.15) is 60.0 Å². The Balaban J connectivity index is 1.27. The van der Waals surface area contributed by atoms with E-state index in [2.05, 4.69) is 36.3 Å². The Morgan fingerprint density at radius 3 is 2.53 bits per heavy atom. The van der Waals surface area contributed by atoms with Crippen molar-refractivity contribution in [3.05, 3.63) is 93.4 Å². The predicted octanol–water partition coefficient (Wildman–Crippen LogP) is 6.30. The number of oxazole rings is 1. The van der Waals surface area contributed by atoms with Crippen molar-refractivity contribution >= 4 is 34.1 Å². The molecule has 0 spiro atoms. The van der Waals surface area contributed by atoms with E-state index in [0.29, 0.717) is 29.6 Å². The Morgan fingerprint density at radius 2 is 1.83 bits per heavy atom. The van der Waals surface area contributed by atoms with Gasteiger partial charge < -0.3 is 14.6 Å². The van der Waals surface area contributed by atoms with Crippen LogP contribution >= 0.6 is 0 Å². The molecular weight excluding hydrogens is 456 g/mol. The Labute approximate surface area is 209 Å². The molecule has 8 heteroatoms. The van der Waals surface area contributed by atoms with E-state index in [0.717, 1.165) is 42.6 Å². The van der Waals surface area contributed by atoms with Gasteiger partial charge in [0.25, 0.3) is 11.6 Å². The summed E-state index contributed by atoms with van der Waals surface area (Å²) >= 11 is 0. The maximum Gasteiger partial charge on any atom is 0.293 e. The topological polar surface area (TPSA) is 102 Å². The first-order valence-corrected chi connectivity index (χ1v) is 12.2. The van der Waals surface area contributed by atoms with E-state index in [1.54, 1.807) is 24.3 Å². The second-order valence-electron chi connectivity index (χ2n) is 9.47. The van der Waals surface area contributed by atoms with Crippen molar-refractivity contribution in [3.63, 3.8) is 0 Å². The average Bonchev–Trinajstić information content (AvgIpc) is 3.54. The highest BCUT2D eigenvalue weighted by atomic mass is 16.6.